The van der Waals surface area contributed by atoms with Gasteiger partial charge in [-0.3, -0.25) is 9.59 Å². The van der Waals surface area contributed by atoms with E-state index < -0.39 is 30.3 Å². The third-order valence-electron chi connectivity index (χ3n) is 2.80. The zero-order valence-corrected chi connectivity index (χ0v) is 10.3. The van der Waals surface area contributed by atoms with Crippen LogP contribution in [0.4, 0.5) is 0 Å². The zero-order chi connectivity index (χ0) is 14.7. The van der Waals surface area contributed by atoms with E-state index in [0.29, 0.717) is 0 Å². The van der Waals surface area contributed by atoms with E-state index in [1.165, 1.54) is 0 Å². The molecule has 0 aliphatic rings. The van der Waals surface area contributed by atoms with Crippen LogP contribution in [0, 0.1) is 0 Å². The van der Waals surface area contributed by atoms with Gasteiger partial charge in [-0.25, -0.2) is 4.79 Å². The number of carbonyl (C=O) groups is 3. The Morgan fingerprint density at radius 2 is 1.95 bits per heavy atom. The monoisotopic (exact) mass is 276 g/mol. The number of H-pyrrole nitrogens is 1. The first kappa shape index (κ1) is 13.6. The van der Waals surface area contributed by atoms with E-state index in [1.807, 2.05) is 6.07 Å². The van der Waals surface area contributed by atoms with Gasteiger partial charge in [0.2, 0.25) is 0 Å². The molecule has 4 N–H and O–H groups in total. The fraction of sp³-hybridized carbons (Fsp3) is 0.154. The molecule has 0 aliphatic carbocycles. The third kappa shape index (κ3) is 2.94. The van der Waals surface area contributed by atoms with Crippen molar-refractivity contribution in [2.45, 2.75) is 12.5 Å². The van der Waals surface area contributed by atoms with E-state index in [2.05, 4.69) is 10.3 Å². The number of aromatic nitrogens is 1. The lowest BCUT2D eigenvalue weighted by Crippen LogP contribution is -2.42. The molecule has 0 saturated carbocycles. The average molecular weight is 276 g/mol. The Hall–Kier alpha value is -2.83. The van der Waals surface area contributed by atoms with Crippen LogP contribution >= 0.6 is 0 Å². The average Bonchev–Trinajstić information content (AvgIpc) is 2.84. The molecule has 0 unspecified atom stereocenters. The topological polar surface area (TPSA) is 119 Å². The number of hydrogen-bond acceptors (Lipinski definition) is 3. The summed E-state index contributed by atoms with van der Waals surface area (Å²) in [6.45, 7) is 0. The minimum absolute atomic E-state index is 0.261. The van der Waals surface area contributed by atoms with Crippen molar-refractivity contribution in [3.05, 3.63) is 36.0 Å². The van der Waals surface area contributed by atoms with Crippen molar-refractivity contribution in [3.8, 4) is 0 Å². The van der Waals surface area contributed by atoms with E-state index in [-0.39, 0.29) is 5.56 Å². The van der Waals surface area contributed by atoms with Gasteiger partial charge in [-0.1, -0.05) is 6.07 Å². The SMILES string of the molecule is O=C(O)C[C@@H](NC(=O)c1ccc2cc[nH]c2c1)C(=O)O. The molecule has 0 fully saturated rings. The van der Waals surface area contributed by atoms with Crippen molar-refractivity contribution in [1.82, 2.24) is 10.3 Å². The number of fused-ring (bicyclic) bond motifs is 1. The highest BCUT2D eigenvalue weighted by atomic mass is 16.4. The minimum Gasteiger partial charge on any atom is -0.481 e. The maximum Gasteiger partial charge on any atom is 0.326 e. The number of carbonyl (C=O) groups excluding carboxylic acids is 1. The molecule has 1 heterocycles. The Kier molecular flexibility index (Phi) is 3.69. The molecule has 1 aromatic carbocycles. The molecule has 7 nitrogen and oxygen atoms in total. The Balaban J connectivity index is 2.17. The molecule has 2 aromatic rings. The summed E-state index contributed by atoms with van der Waals surface area (Å²) in [7, 11) is 0. The number of hydrogen-bond donors (Lipinski definition) is 4. The summed E-state index contributed by atoms with van der Waals surface area (Å²) in [5.74, 6) is -3.31. The van der Waals surface area contributed by atoms with Crippen molar-refractivity contribution in [2.24, 2.45) is 0 Å². The molecule has 7 heteroatoms. The van der Waals surface area contributed by atoms with E-state index >= 15 is 0 Å². The van der Waals surface area contributed by atoms with E-state index in [4.69, 9.17) is 10.2 Å². The Morgan fingerprint density at radius 1 is 1.20 bits per heavy atom. The minimum atomic E-state index is -1.46. The second-order valence-corrected chi connectivity index (χ2v) is 4.24. The van der Waals surface area contributed by atoms with Gasteiger partial charge in [0, 0.05) is 17.3 Å². The van der Waals surface area contributed by atoms with Crippen LogP contribution in [0.2, 0.25) is 0 Å². The first-order valence-electron chi connectivity index (χ1n) is 5.80. The zero-order valence-electron chi connectivity index (χ0n) is 10.3. The predicted molar refractivity (Wildman–Crippen MR) is 69.4 cm³/mol. The van der Waals surface area contributed by atoms with E-state index in [1.54, 1.807) is 24.4 Å². The largest absolute Gasteiger partial charge is 0.481 e. The molecule has 20 heavy (non-hydrogen) atoms. The van der Waals surface area contributed by atoms with Gasteiger partial charge in [0.05, 0.1) is 6.42 Å². The molecule has 1 atom stereocenters. The molecule has 0 spiro atoms. The number of amides is 1. The maximum atomic E-state index is 11.9. The summed E-state index contributed by atoms with van der Waals surface area (Å²) >= 11 is 0. The van der Waals surface area contributed by atoms with Crippen LogP contribution < -0.4 is 5.32 Å². The summed E-state index contributed by atoms with van der Waals surface area (Å²) in [5.41, 5.74) is 0.999. The second kappa shape index (κ2) is 5.43. The van der Waals surface area contributed by atoms with Crippen LogP contribution in [0.1, 0.15) is 16.8 Å². The van der Waals surface area contributed by atoms with E-state index in [0.717, 1.165) is 10.9 Å². The lowest BCUT2D eigenvalue weighted by molar-refractivity contribution is -0.145. The number of nitrogens with one attached hydrogen (secondary N) is 2. The van der Waals surface area contributed by atoms with Crippen molar-refractivity contribution < 1.29 is 24.6 Å². The highest BCUT2D eigenvalue weighted by Crippen LogP contribution is 2.14. The lowest BCUT2D eigenvalue weighted by atomic mass is 10.1. The normalized spacial score (nSPS) is 12.0. The van der Waals surface area contributed by atoms with Gasteiger partial charge in [0.1, 0.15) is 6.04 Å². The van der Waals surface area contributed by atoms with Gasteiger partial charge in [0.15, 0.2) is 0 Å². The number of carboxylic acid groups (broad SMARTS) is 2. The molecule has 0 bridgehead atoms. The van der Waals surface area contributed by atoms with Gasteiger partial charge in [-0.05, 0) is 23.6 Å². The van der Waals surface area contributed by atoms with Gasteiger partial charge in [0.25, 0.3) is 5.91 Å². The van der Waals surface area contributed by atoms with Gasteiger partial charge in [-0.15, -0.1) is 0 Å². The quantitative estimate of drug-likeness (QED) is 0.644. The van der Waals surface area contributed by atoms with Crippen molar-refractivity contribution in [2.75, 3.05) is 0 Å². The van der Waals surface area contributed by atoms with Crippen LogP contribution in [0.3, 0.4) is 0 Å². The number of aliphatic carboxylic acids is 2. The molecule has 1 amide bonds. The molecule has 0 aliphatic heterocycles. The molecular weight excluding hydrogens is 264 g/mol. The molecular formula is C13H12N2O5. The highest BCUT2D eigenvalue weighted by molar-refractivity contribution is 6.00. The predicted octanol–water partition coefficient (Wildman–Crippen LogP) is 0.826. The summed E-state index contributed by atoms with van der Waals surface area (Å²) in [5, 5.41) is 20.6. The fourth-order valence-electron chi connectivity index (χ4n) is 1.81. The fourth-order valence-corrected chi connectivity index (χ4v) is 1.81. The highest BCUT2D eigenvalue weighted by Gasteiger charge is 2.23. The van der Waals surface area contributed by atoms with Crippen LogP contribution in [-0.4, -0.2) is 39.1 Å². The molecule has 0 radical (unpaired) electrons. The van der Waals surface area contributed by atoms with Gasteiger partial charge in [-0.2, -0.15) is 0 Å². The van der Waals surface area contributed by atoms with Crippen LogP contribution in [0.15, 0.2) is 30.5 Å². The molecule has 0 saturated heterocycles. The Bertz CT molecular complexity index is 676. The Morgan fingerprint density at radius 3 is 2.60 bits per heavy atom. The number of benzene rings is 1. The summed E-state index contributed by atoms with van der Waals surface area (Å²) in [6, 6.07) is 5.21. The van der Waals surface area contributed by atoms with Gasteiger partial charge >= 0.3 is 11.9 Å². The standard InChI is InChI=1S/C13H12N2O5/c16-11(17)6-10(13(19)20)15-12(18)8-2-1-7-3-4-14-9(7)5-8/h1-5,10,14H,6H2,(H,15,18)(H,16,17)(H,19,20)/t10-/m1/s1. The molecule has 1 aromatic heterocycles. The summed E-state index contributed by atoms with van der Waals surface area (Å²) in [4.78, 5) is 36.3. The lowest BCUT2D eigenvalue weighted by Gasteiger charge is -2.12. The first-order valence-corrected chi connectivity index (χ1v) is 5.80. The Labute approximate surface area is 113 Å². The van der Waals surface area contributed by atoms with Crippen molar-refractivity contribution in [1.29, 1.82) is 0 Å². The number of carboxylic acids is 2. The summed E-state index contributed by atoms with van der Waals surface area (Å²) < 4.78 is 0. The number of aromatic amines is 1. The summed E-state index contributed by atoms with van der Waals surface area (Å²) in [6.07, 6.45) is 1.04. The van der Waals surface area contributed by atoms with E-state index in [9.17, 15) is 14.4 Å². The first-order chi connectivity index (χ1) is 9.47. The molecule has 2 rings (SSSR count). The van der Waals surface area contributed by atoms with Crippen LogP contribution in [-0.2, 0) is 9.59 Å². The van der Waals surface area contributed by atoms with Crippen LogP contribution in [0.5, 0.6) is 0 Å². The number of rotatable bonds is 5. The molecule has 104 valence electrons. The van der Waals surface area contributed by atoms with Crippen molar-refractivity contribution >= 4 is 28.7 Å². The van der Waals surface area contributed by atoms with Crippen molar-refractivity contribution in [3.63, 3.8) is 0 Å². The van der Waals surface area contributed by atoms with Crippen LogP contribution in [0.25, 0.3) is 10.9 Å². The third-order valence-corrected chi connectivity index (χ3v) is 2.80. The maximum absolute atomic E-state index is 11.9. The van der Waals surface area contributed by atoms with Gasteiger partial charge < -0.3 is 20.5 Å². The smallest absolute Gasteiger partial charge is 0.326 e. The second-order valence-electron chi connectivity index (χ2n) is 4.24.